The molecule has 1 aromatic heterocycles. The van der Waals surface area contributed by atoms with Gasteiger partial charge in [0.1, 0.15) is 0 Å². The lowest BCUT2D eigenvalue weighted by Gasteiger charge is -2.28. The molecule has 0 unspecified atom stereocenters. The molecule has 45 heavy (non-hydrogen) atoms. The van der Waals surface area contributed by atoms with Crippen LogP contribution in [0.15, 0.2) is 182 Å². The van der Waals surface area contributed by atoms with Crippen LogP contribution in [0.3, 0.4) is 0 Å². The van der Waals surface area contributed by atoms with E-state index >= 15 is 0 Å². The molecule has 0 N–H and O–H groups in total. The molecule has 2 nitrogen and oxygen atoms in total. The maximum absolute atomic E-state index is 5.14. The lowest BCUT2D eigenvalue weighted by Crippen LogP contribution is -2.11. The molecule has 1 heterocycles. The smallest absolute Gasteiger partial charge is 0.0788 e. The number of rotatable bonds is 6. The van der Waals surface area contributed by atoms with Crippen LogP contribution in [-0.4, -0.2) is 4.98 Å². The fraction of sp³-hybridized carbons (Fsp3) is 0. The van der Waals surface area contributed by atoms with Gasteiger partial charge in [-0.05, 0) is 64.4 Å². The monoisotopic (exact) mass is 574 g/mol. The molecule has 7 aromatic carbocycles. The second-order valence-electron chi connectivity index (χ2n) is 11.2. The summed E-state index contributed by atoms with van der Waals surface area (Å²) in [5.74, 6) is 0. The van der Waals surface area contributed by atoms with E-state index in [1.807, 2.05) is 12.1 Å². The maximum atomic E-state index is 5.14. The molecule has 8 rings (SSSR count). The highest BCUT2D eigenvalue weighted by molar-refractivity contribution is 5.95. The zero-order valence-electron chi connectivity index (χ0n) is 24.7. The number of aromatic nitrogens is 1. The first-order chi connectivity index (χ1) is 22.3. The number of anilines is 3. The largest absolute Gasteiger partial charge is 0.310 e. The maximum Gasteiger partial charge on any atom is 0.0788 e. The number of hydrogen-bond acceptors (Lipinski definition) is 2. The van der Waals surface area contributed by atoms with E-state index in [2.05, 4.69) is 175 Å². The quantitative estimate of drug-likeness (QED) is 0.196. The van der Waals surface area contributed by atoms with Crippen LogP contribution in [0.1, 0.15) is 0 Å². The van der Waals surface area contributed by atoms with Crippen LogP contribution in [0.25, 0.3) is 55.2 Å². The summed E-state index contributed by atoms with van der Waals surface area (Å²) in [6.07, 6.45) is 0. The first kappa shape index (κ1) is 26.6. The van der Waals surface area contributed by atoms with Crippen molar-refractivity contribution in [2.45, 2.75) is 0 Å². The van der Waals surface area contributed by atoms with Gasteiger partial charge in [0.15, 0.2) is 0 Å². The van der Waals surface area contributed by atoms with Crippen LogP contribution in [-0.2, 0) is 0 Å². The van der Waals surface area contributed by atoms with Crippen molar-refractivity contribution >= 4 is 38.7 Å². The average Bonchev–Trinajstić information content (AvgIpc) is 3.12. The molecule has 0 saturated carbocycles. The number of fused-ring (bicyclic) bond motifs is 2. The summed E-state index contributed by atoms with van der Waals surface area (Å²) in [5, 5.41) is 3.57. The van der Waals surface area contributed by atoms with Gasteiger partial charge in [0.2, 0.25) is 0 Å². The molecule has 8 aromatic rings. The van der Waals surface area contributed by atoms with Crippen molar-refractivity contribution < 1.29 is 0 Å². The molecule has 0 aliphatic carbocycles. The summed E-state index contributed by atoms with van der Waals surface area (Å²) in [7, 11) is 0. The van der Waals surface area contributed by atoms with Crippen LogP contribution in [0, 0.1) is 0 Å². The Balaban J connectivity index is 1.29. The van der Waals surface area contributed by atoms with E-state index in [4.69, 9.17) is 4.98 Å². The summed E-state index contributed by atoms with van der Waals surface area (Å²) in [6.45, 7) is 0. The zero-order chi connectivity index (χ0) is 30.0. The van der Waals surface area contributed by atoms with E-state index < -0.39 is 0 Å². The predicted molar refractivity (Wildman–Crippen MR) is 190 cm³/mol. The highest BCUT2D eigenvalue weighted by atomic mass is 15.1. The van der Waals surface area contributed by atoms with Crippen LogP contribution in [0.4, 0.5) is 17.1 Å². The van der Waals surface area contributed by atoms with Gasteiger partial charge in [-0.2, -0.15) is 0 Å². The van der Waals surface area contributed by atoms with E-state index in [1.165, 1.54) is 21.9 Å². The van der Waals surface area contributed by atoms with Gasteiger partial charge in [-0.25, -0.2) is 4.98 Å². The topological polar surface area (TPSA) is 16.1 Å². The standard InChI is InChI=1S/C43H30N2/c1-3-14-32(15-4-1)39-20-10-12-22-42(39)45(38-28-23-31-13-7-8-18-35(31)29-38)37-26-24-33(25-27-37)40-30-36-19-9-11-21-41(36)44-43(40)34-16-5-2-6-17-34/h1-30H. The molecule has 0 aliphatic rings. The van der Waals surface area contributed by atoms with Gasteiger partial charge < -0.3 is 4.90 Å². The fourth-order valence-electron chi connectivity index (χ4n) is 6.22. The van der Waals surface area contributed by atoms with Gasteiger partial charge in [-0.15, -0.1) is 0 Å². The average molecular weight is 575 g/mol. The Morgan fingerprint density at radius 2 is 0.933 bits per heavy atom. The van der Waals surface area contributed by atoms with Crippen LogP contribution in [0.5, 0.6) is 0 Å². The van der Waals surface area contributed by atoms with Gasteiger partial charge in [0.25, 0.3) is 0 Å². The second-order valence-corrected chi connectivity index (χ2v) is 11.2. The zero-order valence-corrected chi connectivity index (χ0v) is 24.7. The molecular weight excluding hydrogens is 544 g/mol. The highest BCUT2D eigenvalue weighted by Gasteiger charge is 2.18. The van der Waals surface area contributed by atoms with Crippen molar-refractivity contribution in [1.82, 2.24) is 4.98 Å². The third kappa shape index (κ3) is 5.13. The van der Waals surface area contributed by atoms with Crippen molar-refractivity contribution in [2.24, 2.45) is 0 Å². The normalized spacial score (nSPS) is 11.1. The van der Waals surface area contributed by atoms with E-state index in [0.29, 0.717) is 0 Å². The third-order valence-electron chi connectivity index (χ3n) is 8.43. The van der Waals surface area contributed by atoms with Gasteiger partial charge in [-0.3, -0.25) is 0 Å². The van der Waals surface area contributed by atoms with Gasteiger partial charge >= 0.3 is 0 Å². The van der Waals surface area contributed by atoms with Crippen molar-refractivity contribution in [3.63, 3.8) is 0 Å². The van der Waals surface area contributed by atoms with Crippen LogP contribution in [0.2, 0.25) is 0 Å². The highest BCUT2D eigenvalue weighted by Crippen LogP contribution is 2.42. The molecular formula is C43H30N2. The summed E-state index contributed by atoms with van der Waals surface area (Å²) >= 11 is 0. The Labute approximate surface area is 263 Å². The van der Waals surface area contributed by atoms with E-state index in [0.717, 1.165) is 50.3 Å². The van der Waals surface area contributed by atoms with Crippen LogP contribution < -0.4 is 4.90 Å². The lowest BCUT2D eigenvalue weighted by molar-refractivity contribution is 1.29. The van der Waals surface area contributed by atoms with Crippen molar-refractivity contribution in [1.29, 1.82) is 0 Å². The predicted octanol–water partition coefficient (Wildman–Crippen LogP) is 11.9. The Morgan fingerprint density at radius 1 is 0.356 bits per heavy atom. The van der Waals surface area contributed by atoms with Gasteiger partial charge in [0, 0.05) is 33.5 Å². The third-order valence-corrected chi connectivity index (χ3v) is 8.43. The second kappa shape index (κ2) is 11.6. The van der Waals surface area contributed by atoms with Crippen molar-refractivity contribution in [3.8, 4) is 33.5 Å². The number of para-hydroxylation sites is 2. The molecule has 0 radical (unpaired) electrons. The number of benzene rings is 7. The summed E-state index contributed by atoms with van der Waals surface area (Å²) < 4.78 is 0. The Kier molecular flexibility index (Phi) is 6.86. The first-order valence-electron chi connectivity index (χ1n) is 15.3. The van der Waals surface area contributed by atoms with Crippen LogP contribution >= 0.6 is 0 Å². The molecule has 0 atom stereocenters. The molecule has 0 fully saturated rings. The Bertz CT molecular complexity index is 2260. The van der Waals surface area contributed by atoms with Gasteiger partial charge in [-0.1, -0.05) is 140 Å². The van der Waals surface area contributed by atoms with E-state index in [-0.39, 0.29) is 0 Å². The summed E-state index contributed by atoms with van der Waals surface area (Å²) in [6, 6.07) is 64.5. The van der Waals surface area contributed by atoms with Crippen molar-refractivity contribution in [2.75, 3.05) is 4.90 Å². The van der Waals surface area contributed by atoms with Gasteiger partial charge in [0.05, 0.1) is 16.9 Å². The number of nitrogens with zero attached hydrogens (tertiary/aromatic N) is 2. The molecule has 0 spiro atoms. The minimum Gasteiger partial charge on any atom is -0.310 e. The first-order valence-corrected chi connectivity index (χ1v) is 15.3. The Morgan fingerprint density at radius 3 is 1.71 bits per heavy atom. The summed E-state index contributed by atoms with van der Waals surface area (Å²) in [4.78, 5) is 7.51. The lowest BCUT2D eigenvalue weighted by atomic mass is 9.96. The molecule has 212 valence electrons. The Hall–Kier alpha value is -5.99. The van der Waals surface area contributed by atoms with Crippen molar-refractivity contribution in [3.05, 3.63) is 182 Å². The molecule has 0 bridgehead atoms. The molecule has 0 aliphatic heterocycles. The molecule has 2 heteroatoms. The number of hydrogen-bond donors (Lipinski definition) is 0. The fourth-order valence-corrected chi connectivity index (χ4v) is 6.22. The molecule has 0 amide bonds. The summed E-state index contributed by atoms with van der Waals surface area (Å²) in [5.41, 5.74) is 11.0. The molecule has 0 saturated heterocycles. The number of pyridine rings is 1. The minimum atomic E-state index is 0.989. The van der Waals surface area contributed by atoms with E-state index in [1.54, 1.807) is 0 Å². The van der Waals surface area contributed by atoms with E-state index in [9.17, 15) is 0 Å². The minimum absolute atomic E-state index is 0.989. The SMILES string of the molecule is c1ccc(-c2ccccc2N(c2ccc(-c3cc4ccccc4nc3-c3ccccc3)cc2)c2ccc3ccccc3c2)cc1.